The van der Waals surface area contributed by atoms with Crippen molar-refractivity contribution in [3.05, 3.63) is 59.6 Å². The summed E-state index contributed by atoms with van der Waals surface area (Å²) in [7, 11) is 1.89. The molecule has 3 heterocycles. The molecule has 140 valence electrons. The average Bonchev–Trinajstić information content (AvgIpc) is 3.47. The fourth-order valence-electron chi connectivity index (χ4n) is 3.44. The molecule has 0 spiro atoms. The van der Waals surface area contributed by atoms with Gasteiger partial charge in [0.05, 0.1) is 16.1 Å². The molecule has 0 N–H and O–H groups in total. The first-order valence-electron chi connectivity index (χ1n) is 9.39. The van der Waals surface area contributed by atoms with Gasteiger partial charge in [-0.1, -0.05) is 24.3 Å². The summed E-state index contributed by atoms with van der Waals surface area (Å²) >= 11 is 1.61. The Morgan fingerprint density at radius 2 is 1.93 bits per heavy atom. The molecule has 0 unspecified atom stereocenters. The van der Waals surface area contributed by atoms with E-state index in [1.807, 2.05) is 66.0 Å². The van der Waals surface area contributed by atoms with Crippen molar-refractivity contribution in [1.82, 2.24) is 19.6 Å². The fraction of sp³-hybridized carbons (Fsp3) is 0.333. The Kier molecular flexibility index (Phi) is 5.36. The van der Waals surface area contributed by atoms with E-state index in [9.17, 15) is 4.79 Å². The number of rotatable bonds is 6. The van der Waals surface area contributed by atoms with E-state index in [2.05, 4.69) is 4.90 Å². The molecule has 1 aromatic carbocycles. The van der Waals surface area contributed by atoms with Gasteiger partial charge in [0, 0.05) is 26.3 Å². The summed E-state index contributed by atoms with van der Waals surface area (Å²) in [4.78, 5) is 18.4. The number of hydrogen-bond donors (Lipinski definition) is 0. The Balaban J connectivity index is 1.59. The summed E-state index contributed by atoms with van der Waals surface area (Å²) in [5.41, 5.74) is 2.37. The van der Waals surface area contributed by atoms with Crippen LogP contribution in [0.1, 0.15) is 23.2 Å². The monoisotopic (exact) mass is 380 g/mol. The number of thiophene rings is 1. The molecule has 0 saturated carbocycles. The van der Waals surface area contributed by atoms with Crippen molar-refractivity contribution in [3.63, 3.8) is 0 Å². The molecule has 0 aliphatic carbocycles. The summed E-state index contributed by atoms with van der Waals surface area (Å²) in [5, 5.41) is 6.75. The van der Waals surface area contributed by atoms with Crippen LogP contribution in [0.3, 0.4) is 0 Å². The molecule has 5 nitrogen and oxygen atoms in total. The average molecular weight is 381 g/mol. The van der Waals surface area contributed by atoms with E-state index in [-0.39, 0.29) is 5.91 Å². The van der Waals surface area contributed by atoms with E-state index >= 15 is 0 Å². The van der Waals surface area contributed by atoms with Gasteiger partial charge in [-0.15, -0.1) is 11.3 Å². The number of benzene rings is 1. The lowest BCUT2D eigenvalue weighted by Crippen LogP contribution is -2.35. The molecule has 1 fully saturated rings. The zero-order valence-corrected chi connectivity index (χ0v) is 16.4. The largest absolute Gasteiger partial charge is 0.340 e. The standard InChI is InChI=1S/C21H24N4OS/c1-23(13-14-24-11-5-6-12-24)21(26)18-16-25(17-8-3-2-4-9-17)22-20(18)19-10-7-15-27-19/h2-4,7-10,15-16H,5-6,11-14H2,1H3. The van der Waals surface area contributed by atoms with Gasteiger partial charge in [0.1, 0.15) is 5.69 Å². The lowest BCUT2D eigenvalue weighted by atomic mass is 10.2. The third kappa shape index (κ3) is 3.96. The second-order valence-electron chi connectivity index (χ2n) is 6.92. The lowest BCUT2D eigenvalue weighted by molar-refractivity contribution is 0.0783. The van der Waals surface area contributed by atoms with Crippen molar-refractivity contribution in [1.29, 1.82) is 0 Å². The third-order valence-corrected chi connectivity index (χ3v) is 5.89. The van der Waals surface area contributed by atoms with Crippen molar-refractivity contribution in [3.8, 4) is 16.3 Å². The van der Waals surface area contributed by atoms with Crippen LogP contribution in [0, 0.1) is 0 Å². The quantitative estimate of drug-likeness (QED) is 0.654. The zero-order chi connectivity index (χ0) is 18.6. The maximum Gasteiger partial charge on any atom is 0.257 e. The number of aromatic nitrogens is 2. The molecule has 2 aromatic heterocycles. The number of likely N-dealkylation sites (N-methyl/N-ethyl adjacent to an activating group) is 1. The van der Waals surface area contributed by atoms with E-state index < -0.39 is 0 Å². The van der Waals surface area contributed by atoms with Crippen LogP contribution in [0.25, 0.3) is 16.3 Å². The smallest absolute Gasteiger partial charge is 0.257 e. The van der Waals surface area contributed by atoms with Crippen molar-refractivity contribution in [2.24, 2.45) is 0 Å². The van der Waals surface area contributed by atoms with Crippen LogP contribution < -0.4 is 0 Å². The molecule has 4 rings (SSSR count). The van der Waals surface area contributed by atoms with Gasteiger partial charge in [-0.3, -0.25) is 4.79 Å². The highest BCUT2D eigenvalue weighted by Gasteiger charge is 2.23. The minimum atomic E-state index is 0.0276. The first kappa shape index (κ1) is 17.9. The number of likely N-dealkylation sites (tertiary alicyclic amines) is 1. The molecule has 6 heteroatoms. The number of amides is 1. The van der Waals surface area contributed by atoms with E-state index in [4.69, 9.17) is 5.10 Å². The molecule has 27 heavy (non-hydrogen) atoms. The molecule has 1 aliphatic rings. The zero-order valence-electron chi connectivity index (χ0n) is 15.5. The van der Waals surface area contributed by atoms with Gasteiger partial charge < -0.3 is 9.80 Å². The lowest BCUT2D eigenvalue weighted by Gasteiger charge is -2.21. The van der Waals surface area contributed by atoms with Crippen LogP contribution in [-0.4, -0.2) is 58.7 Å². The predicted molar refractivity (Wildman–Crippen MR) is 110 cm³/mol. The Labute approximate surface area is 163 Å². The third-order valence-electron chi connectivity index (χ3n) is 5.02. The van der Waals surface area contributed by atoms with Crippen molar-refractivity contribution >= 4 is 17.2 Å². The Morgan fingerprint density at radius 1 is 1.15 bits per heavy atom. The van der Waals surface area contributed by atoms with Gasteiger partial charge in [-0.05, 0) is 49.5 Å². The summed E-state index contributed by atoms with van der Waals surface area (Å²) in [6.07, 6.45) is 4.40. The molecule has 0 radical (unpaired) electrons. The molecular weight excluding hydrogens is 356 g/mol. The molecule has 1 saturated heterocycles. The first-order chi connectivity index (χ1) is 13.2. The van der Waals surface area contributed by atoms with E-state index in [1.54, 1.807) is 16.0 Å². The van der Waals surface area contributed by atoms with Crippen molar-refractivity contribution in [2.75, 3.05) is 33.2 Å². The highest BCUT2D eigenvalue weighted by atomic mass is 32.1. The minimum Gasteiger partial charge on any atom is -0.340 e. The molecular formula is C21H24N4OS. The number of para-hydroxylation sites is 1. The summed E-state index contributed by atoms with van der Waals surface area (Å²) in [6.45, 7) is 3.96. The Morgan fingerprint density at radius 3 is 2.63 bits per heavy atom. The van der Waals surface area contributed by atoms with Crippen LogP contribution in [-0.2, 0) is 0 Å². The molecule has 0 atom stereocenters. The summed E-state index contributed by atoms with van der Waals surface area (Å²) < 4.78 is 1.80. The number of carbonyl (C=O) groups excluding carboxylic acids is 1. The topological polar surface area (TPSA) is 41.4 Å². The maximum atomic E-state index is 13.2. The normalized spacial score (nSPS) is 14.6. The van der Waals surface area contributed by atoms with Gasteiger partial charge in [0.15, 0.2) is 0 Å². The summed E-state index contributed by atoms with van der Waals surface area (Å²) in [5.74, 6) is 0.0276. The highest BCUT2D eigenvalue weighted by Crippen LogP contribution is 2.28. The maximum absolute atomic E-state index is 13.2. The minimum absolute atomic E-state index is 0.0276. The second-order valence-corrected chi connectivity index (χ2v) is 7.87. The Hall–Kier alpha value is -2.44. The number of hydrogen-bond acceptors (Lipinski definition) is 4. The van der Waals surface area contributed by atoms with Gasteiger partial charge in [-0.25, -0.2) is 4.68 Å². The van der Waals surface area contributed by atoms with Gasteiger partial charge in [0.25, 0.3) is 5.91 Å². The predicted octanol–water partition coefficient (Wildman–Crippen LogP) is 3.77. The van der Waals surface area contributed by atoms with Crippen LogP contribution in [0.15, 0.2) is 54.0 Å². The van der Waals surface area contributed by atoms with Crippen LogP contribution in [0.4, 0.5) is 0 Å². The number of nitrogens with zero attached hydrogens (tertiary/aromatic N) is 4. The van der Waals surface area contributed by atoms with Crippen LogP contribution >= 0.6 is 11.3 Å². The summed E-state index contributed by atoms with van der Waals surface area (Å²) in [6, 6.07) is 13.9. The molecule has 3 aromatic rings. The molecule has 1 aliphatic heterocycles. The van der Waals surface area contributed by atoms with Crippen molar-refractivity contribution < 1.29 is 4.79 Å². The highest BCUT2D eigenvalue weighted by molar-refractivity contribution is 7.13. The molecule has 0 bridgehead atoms. The van der Waals surface area contributed by atoms with Crippen LogP contribution in [0.5, 0.6) is 0 Å². The van der Waals surface area contributed by atoms with Crippen molar-refractivity contribution in [2.45, 2.75) is 12.8 Å². The van der Waals surface area contributed by atoms with E-state index in [0.29, 0.717) is 5.56 Å². The first-order valence-corrected chi connectivity index (χ1v) is 10.3. The van der Waals surface area contributed by atoms with E-state index in [0.717, 1.165) is 42.4 Å². The molecule has 1 amide bonds. The fourth-order valence-corrected chi connectivity index (χ4v) is 4.17. The second kappa shape index (κ2) is 8.06. The Bertz CT molecular complexity index is 882. The SMILES string of the molecule is CN(CCN1CCCC1)C(=O)c1cn(-c2ccccc2)nc1-c1cccs1. The van der Waals surface area contributed by atoms with Gasteiger partial charge >= 0.3 is 0 Å². The van der Waals surface area contributed by atoms with Gasteiger partial charge in [-0.2, -0.15) is 5.10 Å². The number of carbonyl (C=O) groups is 1. The van der Waals surface area contributed by atoms with Crippen LogP contribution in [0.2, 0.25) is 0 Å². The van der Waals surface area contributed by atoms with E-state index in [1.165, 1.54) is 12.8 Å². The van der Waals surface area contributed by atoms with Gasteiger partial charge in [0.2, 0.25) is 0 Å².